The summed E-state index contributed by atoms with van der Waals surface area (Å²) in [5, 5.41) is 0. The maximum absolute atomic E-state index is 10.6. The van der Waals surface area contributed by atoms with Crippen molar-refractivity contribution in [2.75, 3.05) is 0 Å². The molecule has 0 spiro atoms. The average molecular weight is 308 g/mol. The van der Waals surface area contributed by atoms with Crippen LogP contribution in [0.2, 0.25) is 0 Å². The fourth-order valence-electron chi connectivity index (χ4n) is 1.90. The van der Waals surface area contributed by atoms with Gasteiger partial charge in [-0.05, 0) is 31.7 Å². The summed E-state index contributed by atoms with van der Waals surface area (Å²) in [5.74, 6) is 1.09. The van der Waals surface area contributed by atoms with Crippen molar-refractivity contribution in [3.8, 4) is 0 Å². The van der Waals surface area contributed by atoms with E-state index in [0.717, 1.165) is 18.8 Å². The fourth-order valence-corrected chi connectivity index (χ4v) is 1.90. The van der Waals surface area contributed by atoms with E-state index < -0.39 is 0 Å². The van der Waals surface area contributed by atoms with Crippen molar-refractivity contribution in [2.24, 2.45) is 5.92 Å². The van der Waals surface area contributed by atoms with Gasteiger partial charge in [-0.3, -0.25) is 0 Å². The molecule has 0 aliphatic heterocycles. The summed E-state index contributed by atoms with van der Waals surface area (Å²) >= 11 is 0. The summed E-state index contributed by atoms with van der Waals surface area (Å²) in [4.78, 5) is 10.6. The van der Waals surface area contributed by atoms with Crippen LogP contribution in [0.15, 0.2) is 30.8 Å². The van der Waals surface area contributed by atoms with Gasteiger partial charge in [0.05, 0.1) is 0 Å². The Hall–Kier alpha value is -1.41. The number of carbonyl (C=O) groups is 1. The molecule has 1 aromatic rings. The predicted molar refractivity (Wildman–Crippen MR) is 102 cm³/mol. The molecule has 2 nitrogen and oxygen atoms in total. The van der Waals surface area contributed by atoms with Gasteiger partial charge < -0.3 is 10.9 Å². The van der Waals surface area contributed by atoms with E-state index in [1.54, 1.807) is 6.92 Å². The van der Waals surface area contributed by atoms with Crippen molar-refractivity contribution in [2.45, 2.75) is 67.2 Å². The van der Waals surface area contributed by atoms with E-state index in [9.17, 15) is 4.79 Å². The number of hydrogen-bond acceptors (Lipinski definition) is 2. The first-order chi connectivity index (χ1) is 10.0. The predicted octanol–water partition coefficient (Wildman–Crippen LogP) is 6.62. The van der Waals surface area contributed by atoms with Crippen molar-refractivity contribution >= 4 is 11.9 Å². The third-order valence-electron chi connectivity index (χ3n) is 3.34. The topological polar surface area (TPSA) is 52.1 Å². The second-order valence-electron chi connectivity index (χ2n) is 5.04. The maximum atomic E-state index is 10.6. The summed E-state index contributed by atoms with van der Waals surface area (Å²) in [6, 6.07) is 8.26. The van der Waals surface area contributed by atoms with E-state index in [4.69, 9.17) is 0 Å². The van der Waals surface area contributed by atoms with Crippen LogP contribution >= 0.6 is 0 Å². The van der Waals surface area contributed by atoms with E-state index in [1.165, 1.54) is 24.0 Å². The zero-order valence-electron chi connectivity index (χ0n) is 15.6. The molecule has 22 heavy (non-hydrogen) atoms. The second-order valence-corrected chi connectivity index (χ2v) is 5.04. The van der Waals surface area contributed by atoms with Crippen LogP contribution in [0.1, 0.15) is 71.4 Å². The molecule has 128 valence electrons. The molecule has 0 unspecified atom stereocenters. The van der Waals surface area contributed by atoms with Crippen LogP contribution in [0.5, 0.6) is 0 Å². The first kappa shape index (κ1) is 25.5. The molecule has 0 atom stereocenters. The van der Waals surface area contributed by atoms with Gasteiger partial charge in [0.1, 0.15) is 5.78 Å². The molecule has 0 aliphatic rings. The minimum atomic E-state index is 0. The smallest absolute Gasteiger partial charge is 0.129 e. The first-order valence-corrected chi connectivity index (χ1v) is 8.21. The number of Topliss-reactive ketones (excluding diaryl/α,β-unsaturated/α-hetero) is 1. The van der Waals surface area contributed by atoms with Crippen LogP contribution in [-0.2, 0) is 4.79 Å². The van der Waals surface area contributed by atoms with E-state index in [2.05, 4.69) is 39.5 Å². The van der Waals surface area contributed by atoms with Crippen molar-refractivity contribution in [3.05, 3.63) is 42.0 Å². The van der Waals surface area contributed by atoms with Gasteiger partial charge in [0.15, 0.2) is 0 Å². The largest absolute Gasteiger partial charge is 0.344 e. The van der Waals surface area contributed by atoms with Crippen molar-refractivity contribution < 1.29 is 4.79 Å². The first-order valence-electron chi connectivity index (χ1n) is 8.21. The van der Waals surface area contributed by atoms with E-state index >= 15 is 0 Å². The van der Waals surface area contributed by atoms with Crippen molar-refractivity contribution in [3.63, 3.8) is 0 Å². The highest BCUT2D eigenvalue weighted by Crippen LogP contribution is 2.14. The van der Waals surface area contributed by atoms with Crippen molar-refractivity contribution in [1.82, 2.24) is 6.15 Å². The zero-order valence-corrected chi connectivity index (χ0v) is 15.6. The van der Waals surface area contributed by atoms with E-state index in [1.807, 2.05) is 32.1 Å². The third-order valence-corrected chi connectivity index (χ3v) is 3.34. The second kappa shape index (κ2) is 17.6. The van der Waals surface area contributed by atoms with Gasteiger partial charge in [-0.2, -0.15) is 0 Å². The molecule has 0 aromatic heterocycles. The minimum Gasteiger partial charge on any atom is -0.344 e. The summed E-state index contributed by atoms with van der Waals surface area (Å²) < 4.78 is 0. The van der Waals surface area contributed by atoms with Crippen LogP contribution in [0.4, 0.5) is 0 Å². The number of ketones is 1. The quantitative estimate of drug-likeness (QED) is 0.642. The van der Waals surface area contributed by atoms with Crippen molar-refractivity contribution in [1.29, 1.82) is 0 Å². The van der Waals surface area contributed by atoms with Gasteiger partial charge in [0, 0.05) is 6.42 Å². The van der Waals surface area contributed by atoms with Crippen LogP contribution in [0.3, 0.4) is 0 Å². The fraction of sp³-hybridized carbons (Fsp3) is 0.550. The molecule has 0 radical (unpaired) electrons. The molecular formula is C20H37NO. The lowest BCUT2D eigenvalue weighted by Crippen LogP contribution is -2.00. The normalized spacial score (nSPS) is 8.68. The van der Waals surface area contributed by atoms with Gasteiger partial charge in [0.2, 0.25) is 0 Å². The zero-order chi connectivity index (χ0) is 16.7. The highest BCUT2D eigenvalue weighted by molar-refractivity contribution is 5.75. The van der Waals surface area contributed by atoms with E-state index in [0.29, 0.717) is 5.78 Å². The Balaban J connectivity index is -0.000000284. The molecule has 0 fully saturated rings. The Morgan fingerprint density at radius 3 is 2.09 bits per heavy atom. The van der Waals surface area contributed by atoms with Gasteiger partial charge in [-0.15, -0.1) is 0 Å². The van der Waals surface area contributed by atoms with Gasteiger partial charge in [-0.25, -0.2) is 0 Å². The van der Waals surface area contributed by atoms with Crippen LogP contribution in [0.25, 0.3) is 6.08 Å². The summed E-state index contributed by atoms with van der Waals surface area (Å²) in [6.07, 6.45) is 6.13. The Kier molecular flexibility index (Phi) is 20.5. The molecule has 0 amide bonds. The molecule has 0 heterocycles. The Morgan fingerprint density at radius 2 is 1.77 bits per heavy atom. The number of rotatable bonds is 6. The van der Waals surface area contributed by atoms with E-state index in [-0.39, 0.29) is 6.15 Å². The summed E-state index contributed by atoms with van der Waals surface area (Å²) in [6.45, 7) is 15.8. The number of carbonyl (C=O) groups excluding carboxylic acids is 1. The number of aryl methyl sites for hydroxylation is 1. The highest BCUT2D eigenvalue weighted by Gasteiger charge is 2.03. The van der Waals surface area contributed by atoms with Crippen LogP contribution in [-0.4, -0.2) is 5.78 Å². The Labute approximate surface area is 138 Å². The molecule has 0 saturated heterocycles. The standard InChI is InChI=1S/C9H18O.C9H10.C2H6.H3N/c1-4-9(5-2)7-6-8(3)10;1-3-9-6-4-5-8(2)7-9;1-2;/h9H,4-7H2,1-3H3;3-7H,1H2,2H3;1-2H3;1H3. The minimum absolute atomic E-state index is 0. The van der Waals surface area contributed by atoms with Crippen LogP contribution in [0, 0.1) is 12.8 Å². The molecule has 2 heteroatoms. The highest BCUT2D eigenvalue weighted by atomic mass is 16.1. The molecule has 0 bridgehead atoms. The molecule has 0 aliphatic carbocycles. The number of hydrogen-bond donors (Lipinski definition) is 1. The molecule has 3 N–H and O–H groups in total. The Bertz CT molecular complexity index is 381. The average Bonchev–Trinajstić information content (AvgIpc) is 2.50. The van der Waals surface area contributed by atoms with Crippen LogP contribution < -0.4 is 6.15 Å². The lowest BCUT2D eigenvalue weighted by molar-refractivity contribution is -0.117. The van der Waals surface area contributed by atoms with Gasteiger partial charge in [-0.1, -0.05) is 83.0 Å². The molecule has 0 saturated carbocycles. The monoisotopic (exact) mass is 307 g/mol. The molecule has 1 aromatic carbocycles. The maximum Gasteiger partial charge on any atom is 0.129 e. The van der Waals surface area contributed by atoms with Gasteiger partial charge >= 0.3 is 0 Å². The third kappa shape index (κ3) is 15.0. The molecule has 1 rings (SSSR count). The summed E-state index contributed by atoms with van der Waals surface area (Å²) in [7, 11) is 0. The Morgan fingerprint density at radius 1 is 1.23 bits per heavy atom. The summed E-state index contributed by atoms with van der Waals surface area (Å²) in [5.41, 5.74) is 2.47. The lowest BCUT2D eigenvalue weighted by Gasteiger charge is -2.09. The molecular weight excluding hydrogens is 270 g/mol. The SMILES string of the molecule is C=Cc1cccc(C)c1.CC.CCC(CC)CCC(C)=O.N. The van der Waals surface area contributed by atoms with Gasteiger partial charge in [0.25, 0.3) is 0 Å². The number of benzene rings is 1. The lowest BCUT2D eigenvalue weighted by atomic mass is 9.97.